The van der Waals surface area contributed by atoms with Crippen molar-refractivity contribution in [1.29, 1.82) is 0 Å². The van der Waals surface area contributed by atoms with E-state index in [1.807, 2.05) is 0 Å². The van der Waals surface area contributed by atoms with E-state index in [0.717, 1.165) is 12.5 Å². The highest BCUT2D eigenvalue weighted by Gasteiger charge is 2.24. The highest BCUT2D eigenvalue weighted by atomic mass is 79.9. The molecule has 0 unspecified atom stereocenters. The van der Waals surface area contributed by atoms with E-state index in [1.54, 1.807) is 0 Å². The van der Waals surface area contributed by atoms with Gasteiger partial charge in [-0.05, 0) is 22.4 Å². The summed E-state index contributed by atoms with van der Waals surface area (Å²) < 4.78 is 36.3. The van der Waals surface area contributed by atoms with Crippen molar-refractivity contribution in [3.63, 3.8) is 0 Å². The molecule has 3 nitrogen and oxygen atoms in total. The zero-order valence-corrected chi connectivity index (χ0v) is 7.84. The maximum Gasteiger partial charge on any atom is 0.497 e. The standard InChI is InChI=1S/C5H4BBrF3N2O/c7-4-1-11-3-12(5(4)13)2-6(8,9)10/h1,3H,2H2/q-1. The van der Waals surface area contributed by atoms with Crippen molar-refractivity contribution in [1.82, 2.24) is 9.55 Å². The van der Waals surface area contributed by atoms with Crippen LogP contribution < -0.4 is 5.56 Å². The van der Waals surface area contributed by atoms with Crippen LogP contribution in [0.15, 0.2) is 21.8 Å². The summed E-state index contributed by atoms with van der Waals surface area (Å²) in [6.07, 6.45) is 0.760. The fourth-order valence-corrected chi connectivity index (χ4v) is 1.12. The van der Waals surface area contributed by atoms with E-state index in [1.165, 1.54) is 0 Å². The number of aromatic nitrogens is 2. The molecule has 0 fully saturated rings. The lowest BCUT2D eigenvalue weighted by atomic mass is 9.92. The fraction of sp³-hybridized carbons (Fsp3) is 0.200. The number of hydrogen-bond donors (Lipinski definition) is 0. The maximum absolute atomic E-state index is 11.9. The number of halogens is 4. The zero-order chi connectivity index (χ0) is 10.1. The molecular formula is C5H4BBrF3N2O-. The predicted octanol–water partition coefficient (Wildman–Crippen LogP) is 1.39. The minimum Gasteiger partial charge on any atom is -0.448 e. The summed E-state index contributed by atoms with van der Waals surface area (Å²) in [6.45, 7) is -5.01. The second kappa shape index (κ2) is 3.53. The van der Waals surface area contributed by atoms with Gasteiger partial charge in [0.1, 0.15) is 4.47 Å². The van der Waals surface area contributed by atoms with Gasteiger partial charge in [-0.1, -0.05) is 0 Å². The van der Waals surface area contributed by atoms with Crippen LogP contribution in [0.25, 0.3) is 0 Å². The van der Waals surface area contributed by atoms with Crippen molar-refractivity contribution in [2.24, 2.45) is 0 Å². The number of rotatable bonds is 2. The van der Waals surface area contributed by atoms with Crippen molar-refractivity contribution in [3.8, 4) is 0 Å². The minimum atomic E-state index is -5.01. The molecule has 0 spiro atoms. The van der Waals surface area contributed by atoms with Crippen LogP contribution in [-0.4, -0.2) is 16.5 Å². The van der Waals surface area contributed by atoms with Crippen LogP contribution in [0.4, 0.5) is 12.9 Å². The van der Waals surface area contributed by atoms with Crippen molar-refractivity contribution in [2.75, 3.05) is 0 Å². The average molecular weight is 256 g/mol. The highest BCUT2D eigenvalue weighted by molar-refractivity contribution is 9.10. The minimum absolute atomic E-state index is 0.0232. The zero-order valence-electron chi connectivity index (χ0n) is 6.25. The monoisotopic (exact) mass is 255 g/mol. The van der Waals surface area contributed by atoms with E-state index in [0.29, 0.717) is 4.57 Å². The van der Waals surface area contributed by atoms with Crippen molar-refractivity contribution in [2.45, 2.75) is 6.44 Å². The van der Waals surface area contributed by atoms with E-state index in [4.69, 9.17) is 0 Å². The van der Waals surface area contributed by atoms with Gasteiger partial charge in [-0.3, -0.25) is 4.79 Å². The molecular weight excluding hydrogens is 252 g/mol. The molecule has 72 valence electrons. The SMILES string of the molecule is O=c1c(Br)cncn1C[B-](F)(F)F. The number of nitrogens with zero attached hydrogens (tertiary/aromatic N) is 2. The summed E-state index contributed by atoms with van der Waals surface area (Å²) in [5, 5.41) is 0. The molecule has 1 aromatic rings. The summed E-state index contributed by atoms with van der Waals surface area (Å²) in [6, 6.07) is 0. The van der Waals surface area contributed by atoms with Crippen LogP contribution in [0.1, 0.15) is 0 Å². The summed E-state index contributed by atoms with van der Waals surface area (Å²) >= 11 is 2.80. The van der Waals surface area contributed by atoms with E-state index in [-0.39, 0.29) is 4.47 Å². The Morgan fingerprint density at radius 1 is 1.54 bits per heavy atom. The molecule has 0 aliphatic rings. The molecule has 0 bridgehead atoms. The topological polar surface area (TPSA) is 34.9 Å². The van der Waals surface area contributed by atoms with Crippen molar-refractivity contribution < 1.29 is 12.9 Å². The Morgan fingerprint density at radius 3 is 2.69 bits per heavy atom. The molecule has 13 heavy (non-hydrogen) atoms. The van der Waals surface area contributed by atoms with Gasteiger partial charge in [-0.15, -0.1) is 0 Å². The van der Waals surface area contributed by atoms with Gasteiger partial charge >= 0.3 is 6.98 Å². The summed E-state index contributed by atoms with van der Waals surface area (Å²) in [7, 11) is 0. The summed E-state index contributed by atoms with van der Waals surface area (Å²) in [5.74, 6) is 0. The van der Waals surface area contributed by atoms with Crippen LogP contribution in [0, 0.1) is 0 Å². The molecule has 0 N–H and O–H groups in total. The van der Waals surface area contributed by atoms with Crippen LogP contribution in [0.3, 0.4) is 0 Å². The summed E-state index contributed by atoms with van der Waals surface area (Å²) in [4.78, 5) is 14.5. The van der Waals surface area contributed by atoms with Crippen molar-refractivity contribution in [3.05, 3.63) is 27.4 Å². The lowest BCUT2D eigenvalue weighted by Crippen LogP contribution is -2.32. The second-order valence-electron chi connectivity index (χ2n) is 2.41. The second-order valence-corrected chi connectivity index (χ2v) is 3.26. The maximum atomic E-state index is 11.9. The third-order valence-electron chi connectivity index (χ3n) is 1.26. The first-order chi connectivity index (χ1) is 5.90. The lowest BCUT2D eigenvalue weighted by Gasteiger charge is -2.14. The largest absolute Gasteiger partial charge is 0.497 e. The van der Waals surface area contributed by atoms with Gasteiger partial charge in [0.05, 0.1) is 6.33 Å². The van der Waals surface area contributed by atoms with Crippen LogP contribution in [0.2, 0.25) is 0 Å². The van der Waals surface area contributed by atoms with Gasteiger partial charge in [-0.25, -0.2) is 4.98 Å². The molecule has 0 radical (unpaired) electrons. The Bertz CT molecular complexity index is 364. The molecule has 1 rings (SSSR count). The van der Waals surface area contributed by atoms with Gasteiger partial charge in [0.2, 0.25) is 0 Å². The quantitative estimate of drug-likeness (QED) is 0.749. The molecule has 0 aliphatic heterocycles. The average Bonchev–Trinajstić information content (AvgIpc) is 1.96. The fourth-order valence-electron chi connectivity index (χ4n) is 0.777. The van der Waals surface area contributed by atoms with Crippen LogP contribution in [0.5, 0.6) is 0 Å². The van der Waals surface area contributed by atoms with Gasteiger partial charge < -0.3 is 17.5 Å². The smallest absolute Gasteiger partial charge is 0.448 e. The first kappa shape index (κ1) is 10.3. The first-order valence-corrected chi connectivity index (χ1v) is 4.10. The van der Waals surface area contributed by atoms with Crippen LogP contribution >= 0.6 is 15.9 Å². The van der Waals surface area contributed by atoms with Gasteiger partial charge in [-0.2, -0.15) is 0 Å². The van der Waals surface area contributed by atoms with E-state index in [2.05, 4.69) is 20.9 Å². The lowest BCUT2D eigenvalue weighted by molar-refractivity contribution is 0.441. The van der Waals surface area contributed by atoms with E-state index < -0.39 is 19.0 Å². The Morgan fingerprint density at radius 2 is 2.15 bits per heavy atom. The molecule has 0 atom stereocenters. The molecule has 8 heteroatoms. The third kappa shape index (κ3) is 2.87. The van der Waals surface area contributed by atoms with Gasteiger partial charge in [0.15, 0.2) is 0 Å². The summed E-state index contributed by atoms with van der Waals surface area (Å²) in [5.41, 5.74) is -0.728. The molecule has 0 aliphatic carbocycles. The first-order valence-electron chi connectivity index (χ1n) is 3.31. The van der Waals surface area contributed by atoms with Crippen molar-refractivity contribution >= 4 is 22.9 Å². The molecule has 0 saturated carbocycles. The molecule has 0 amide bonds. The molecule has 0 saturated heterocycles. The Labute approximate surface area is 79.8 Å². The number of hydrogen-bond acceptors (Lipinski definition) is 2. The molecule has 1 heterocycles. The van der Waals surface area contributed by atoms with E-state index >= 15 is 0 Å². The van der Waals surface area contributed by atoms with Gasteiger partial charge in [0, 0.05) is 6.20 Å². The van der Waals surface area contributed by atoms with Crippen LogP contribution in [-0.2, 0) is 6.44 Å². The normalized spacial score (nSPS) is 11.7. The molecule has 0 aromatic carbocycles. The Hall–Kier alpha value is -0.785. The predicted molar refractivity (Wildman–Crippen MR) is 45.3 cm³/mol. The van der Waals surface area contributed by atoms with E-state index in [9.17, 15) is 17.7 Å². The van der Waals surface area contributed by atoms with Gasteiger partial charge in [0.25, 0.3) is 5.56 Å². The third-order valence-corrected chi connectivity index (χ3v) is 1.81. The Kier molecular flexibility index (Phi) is 2.79. The highest BCUT2D eigenvalue weighted by Crippen LogP contribution is 2.10. The Balaban J connectivity index is 3.03. The molecule has 1 aromatic heterocycles.